The number of ether oxygens (including phenoxy) is 2. The first-order chi connectivity index (χ1) is 11.2. The minimum absolute atomic E-state index is 0.128. The Bertz CT molecular complexity index is 559. The number of nitrogens with zero attached hydrogens (tertiary/aromatic N) is 2. The number of hydrogen-bond donors (Lipinski definition) is 1. The fourth-order valence-electron chi connectivity index (χ4n) is 2.38. The second-order valence-corrected chi connectivity index (χ2v) is 6.91. The normalized spacial score (nSPS) is 20.1. The van der Waals surface area contributed by atoms with Gasteiger partial charge in [-0.05, 0) is 34.1 Å². The number of amides is 1. The number of aromatic nitrogens is 2. The van der Waals surface area contributed by atoms with Crippen LogP contribution in [0.4, 0.5) is 4.79 Å². The maximum Gasteiger partial charge on any atom is 0.498 e. The molecule has 1 aromatic rings. The minimum Gasteiger partial charge on any atom is -0.447 e. The molecule has 1 unspecified atom stereocenters. The maximum atomic E-state index is 10.9. The van der Waals surface area contributed by atoms with E-state index in [1.165, 1.54) is 0 Å². The molecule has 0 saturated carbocycles. The van der Waals surface area contributed by atoms with Gasteiger partial charge in [0.25, 0.3) is 0 Å². The third-order valence-electron chi connectivity index (χ3n) is 4.59. The summed E-state index contributed by atoms with van der Waals surface area (Å²) in [6.45, 7) is 8.64. The van der Waals surface area contributed by atoms with Gasteiger partial charge in [-0.25, -0.2) is 4.79 Å². The van der Waals surface area contributed by atoms with Gasteiger partial charge in [-0.3, -0.25) is 4.68 Å². The summed E-state index contributed by atoms with van der Waals surface area (Å²) >= 11 is 0. The van der Waals surface area contributed by atoms with Crippen molar-refractivity contribution in [1.82, 2.24) is 9.78 Å². The van der Waals surface area contributed by atoms with Crippen molar-refractivity contribution in [3.8, 4) is 0 Å². The third kappa shape index (κ3) is 4.09. The molecule has 0 aliphatic carbocycles. The molecule has 134 valence electrons. The fourth-order valence-corrected chi connectivity index (χ4v) is 2.38. The van der Waals surface area contributed by atoms with Crippen LogP contribution in [0.25, 0.3) is 0 Å². The van der Waals surface area contributed by atoms with E-state index in [0.717, 1.165) is 5.46 Å². The van der Waals surface area contributed by atoms with Crippen LogP contribution < -0.4 is 11.2 Å². The summed E-state index contributed by atoms with van der Waals surface area (Å²) in [6.07, 6.45) is 3.36. The molecule has 1 atom stereocenters. The first-order valence-corrected chi connectivity index (χ1v) is 7.97. The summed E-state index contributed by atoms with van der Waals surface area (Å²) in [7, 11) is 1.13. The Labute approximate surface area is 142 Å². The lowest BCUT2D eigenvalue weighted by Gasteiger charge is -2.32. The van der Waals surface area contributed by atoms with Gasteiger partial charge < -0.3 is 24.5 Å². The summed E-state index contributed by atoms with van der Waals surface area (Å²) < 4.78 is 23.8. The van der Waals surface area contributed by atoms with E-state index in [1.807, 2.05) is 33.9 Å². The van der Waals surface area contributed by atoms with E-state index in [1.54, 1.807) is 18.0 Å². The van der Waals surface area contributed by atoms with Gasteiger partial charge in [-0.15, -0.1) is 0 Å². The molecule has 9 heteroatoms. The molecule has 24 heavy (non-hydrogen) atoms. The van der Waals surface area contributed by atoms with Gasteiger partial charge in [0, 0.05) is 31.6 Å². The first kappa shape index (κ1) is 18.8. The quantitative estimate of drug-likeness (QED) is 0.740. The van der Waals surface area contributed by atoms with Gasteiger partial charge >= 0.3 is 13.2 Å². The van der Waals surface area contributed by atoms with Gasteiger partial charge in [0.05, 0.1) is 17.2 Å². The Balaban J connectivity index is 2.11. The SMILES string of the molecule is COCCC(COC(N)=O)n1cc(B2OC(C)(C)C(C)(C)O2)cn1. The molecule has 2 heterocycles. The number of nitrogens with two attached hydrogens (primary N) is 1. The molecule has 1 aliphatic heterocycles. The Kier molecular flexibility index (Phi) is 5.57. The van der Waals surface area contributed by atoms with Crippen LogP contribution >= 0.6 is 0 Å². The van der Waals surface area contributed by atoms with Crippen molar-refractivity contribution in [2.45, 2.75) is 51.4 Å². The highest BCUT2D eigenvalue weighted by molar-refractivity contribution is 6.62. The maximum absolute atomic E-state index is 10.9. The molecule has 1 saturated heterocycles. The average Bonchev–Trinajstić information content (AvgIpc) is 3.02. The molecule has 1 fully saturated rings. The largest absolute Gasteiger partial charge is 0.498 e. The van der Waals surface area contributed by atoms with E-state index in [2.05, 4.69) is 5.10 Å². The van der Waals surface area contributed by atoms with Crippen LogP contribution in [0.2, 0.25) is 0 Å². The zero-order valence-corrected chi connectivity index (χ0v) is 14.9. The van der Waals surface area contributed by atoms with Gasteiger partial charge in [0.1, 0.15) is 6.61 Å². The molecule has 0 spiro atoms. The van der Waals surface area contributed by atoms with Crippen LogP contribution in [0.15, 0.2) is 12.4 Å². The zero-order chi connectivity index (χ0) is 18.0. The Morgan fingerprint density at radius 1 is 1.38 bits per heavy atom. The van der Waals surface area contributed by atoms with E-state index in [-0.39, 0.29) is 12.6 Å². The lowest BCUT2D eigenvalue weighted by Crippen LogP contribution is -2.41. The number of hydrogen-bond acceptors (Lipinski definition) is 6. The summed E-state index contributed by atoms with van der Waals surface area (Å²) in [5.74, 6) is 0. The molecule has 0 bridgehead atoms. The topological polar surface area (TPSA) is 97.8 Å². The summed E-state index contributed by atoms with van der Waals surface area (Å²) in [5, 5.41) is 4.36. The smallest absolute Gasteiger partial charge is 0.447 e. The van der Waals surface area contributed by atoms with Crippen LogP contribution in [-0.2, 0) is 18.8 Å². The van der Waals surface area contributed by atoms with Crippen molar-refractivity contribution in [3.05, 3.63) is 12.4 Å². The van der Waals surface area contributed by atoms with E-state index in [9.17, 15) is 4.79 Å². The van der Waals surface area contributed by atoms with E-state index >= 15 is 0 Å². The van der Waals surface area contributed by atoms with Crippen LogP contribution in [0, 0.1) is 0 Å². The number of rotatable bonds is 7. The molecular weight excluding hydrogens is 313 g/mol. The van der Waals surface area contributed by atoms with Crippen LogP contribution in [0.5, 0.6) is 0 Å². The van der Waals surface area contributed by atoms with Gasteiger partial charge in [-0.2, -0.15) is 5.10 Å². The van der Waals surface area contributed by atoms with Crippen LogP contribution in [-0.4, -0.2) is 54.5 Å². The lowest BCUT2D eigenvalue weighted by molar-refractivity contribution is 0.00578. The fraction of sp³-hybridized carbons (Fsp3) is 0.733. The molecule has 2 rings (SSSR count). The van der Waals surface area contributed by atoms with E-state index < -0.39 is 24.4 Å². The van der Waals surface area contributed by atoms with Gasteiger partial charge in [0.2, 0.25) is 0 Å². The molecule has 8 nitrogen and oxygen atoms in total. The lowest BCUT2D eigenvalue weighted by atomic mass is 9.82. The number of primary amides is 1. The highest BCUT2D eigenvalue weighted by Gasteiger charge is 2.52. The monoisotopic (exact) mass is 339 g/mol. The average molecular weight is 339 g/mol. The van der Waals surface area contributed by atoms with Crippen molar-refractivity contribution in [1.29, 1.82) is 0 Å². The Hall–Kier alpha value is -1.58. The predicted octanol–water partition coefficient (Wildman–Crippen LogP) is 0.855. The summed E-state index contributed by atoms with van der Waals surface area (Å²) in [5.41, 5.74) is 5.04. The number of carbonyl (C=O) groups is 1. The van der Waals surface area contributed by atoms with Crippen molar-refractivity contribution in [2.24, 2.45) is 5.73 Å². The zero-order valence-electron chi connectivity index (χ0n) is 14.9. The van der Waals surface area contributed by atoms with Crippen molar-refractivity contribution in [3.63, 3.8) is 0 Å². The van der Waals surface area contributed by atoms with Crippen LogP contribution in [0.3, 0.4) is 0 Å². The molecule has 1 amide bonds. The third-order valence-corrected chi connectivity index (χ3v) is 4.59. The van der Waals surface area contributed by atoms with Crippen molar-refractivity contribution in [2.75, 3.05) is 20.3 Å². The standard InChI is InChI=1S/C15H26BN3O5/c1-14(2)15(3,4)24-16(23-14)11-8-18-19(9-11)12(6-7-21-5)10-22-13(17)20/h8-9,12H,6-7,10H2,1-5H3,(H2,17,20). The number of carbonyl (C=O) groups excluding carboxylic acids is 1. The predicted molar refractivity (Wildman–Crippen MR) is 89.0 cm³/mol. The van der Waals surface area contributed by atoms with Gasteiger partial charge in [-0.1, -0.05) is 0 Å². The minimum atomic E-state index is -0.809. The molecule has 1 aromatic heterocycles. The highest BCUT2D eigenvalue weighted by Crippen LogP contribution is 2.36. The van der Waals surface area contributed by atoms with Crippen molar-refractivity contribution >= 4 is 18.7 Å². The van der Waals surface area contributed by atoms with E-state index in [4.69, 9.17) is 24.5 Å². The number of methoxy groups -OCH3 is 1. The van der Waals surface area contributed by atoms with E-state index in [0.29, 0.717) is 13.0 Å². The molecule has 1 aliphatic rings. The molecular formula is C15H26BN3O5. The second kappa shape index (κ2) is 7.12. The molecule has 0 aromatic carbocycles. The summed E-state index contributed by atoms with van der Waals surface area (Å²) in [6, 6.07) is -0.173. The van der Waals surface area contributed by atoms with Gasteiger partial charge in [0.15, 0.2) is 0 Å². The summed E-state index contributed by atoms with van der Waals surface area (Å²) in [4.78, 5) is 10.9. The highest BCUT2D eigenvalue weighted by atomic mass is 16.7. The molecule has 2 N–H and O–H groups in total. The Morgan fingerprint density at radius 2 is 2.00 bits per heavy atom. The van der Waals surface area contributed by atoms with Crippen molar-refractivity contribution < 1.29 is 23.6 Å². The second-order valence-electron chi connectivity index (χ2n) is 6.91. The first-order valence-electron chi connectivity index (χ1n) is 7.97. The molecule has 0 radical (unpaired) electrons. The van der Waals surface area contributed by atoms with Crippen LogP contribution in [0.1, 0.15) is 40.2 Å². The Morgan fingerprint density at radius 3 is 2.54 bits per heavy atom.